The summed E-state index contributed by atoms with van der Waals surface area (Å²) in [6.45, 7) is 5.09. The smallest absolute Gasteiger partial charge is 0.337 e. The fourth-order valence-corrected chi connectivity index (χ4v) is 5.16. The lowest BCUT2D eigenvalue weighted by molar-refractivity contribution is -0.227. The highest BCUT2D eigenvalue weighted by molar-refractivity contribution is 5.83. The van der Waals surface area contributed by atoms with Crippen LogP contribution in [0.3, 0.4) is 0 Å². The lowest BCUT2D eigenvalue weighted by atomic mass is 9.95. The van der Waals surface area contributed by atoms with Crippen molar-refractivity contribution in [2.75, 3.05) is 6.61 Å². The number of esters is 1. The van der Waals surface area contributed by atoms with Crippen LogP contribution in [0, 0.1) is 0 Å². The summed E-state index contributed by atoms with van der Waals surface area (Å²) in [5.41, 5.74) is 3.24. The summed E-state index contributed by atoms with van der Waals surface area (Å²) in [5, 5.41) is 0. The van der Waals surface area contributed by atoms with E-state index in [1.165, 1.54) is 6.08 Å². The number of hydrogen-bond donors (Lipinski definition) is 0. The molecule has 7 heteroatoms. The van der Waals surface area contributed by atoms with E-state index >= 15 is 0 Å². The van der Waals surface area contributed by atoms with Crippen LogP contribution in [0.15, 0.2) is 103 Å². The molecule has 5 rings (SSSR count). The molecule has 41 heavy (non-hydrogen) atoms. The molecule has 0 N–H and O–H groups in total. The molecule has 3 aromatic carbocycles. The molecule has 2 heterocycles. The van der Waals surface area contributed by atoms with Gasteiger partial charge in [0.2, 0.25) is 5.79 Å². The second kappa shape index (κ2) is 13.9. The van der Waals surface area contributed by atoms with Gasteiger partial charge in [0.1, 0.15) is 18.0 Å². The predicted octanol–water partition coefficient (Wildman–Crippen LogP) is 6.12. The van der Waals surface area contributed by atoms with E-state index in [-0.39, 0.29) is 18.3 Å². The summed E-state index contributed by atoms with van der Waals surface area (Å²) in [6.07, 6.45) is 1.06. The van der Waals surface area contributed by atoms with Crippen molar-refractivity contribution in [3.8, 4) is 0 Å². The fourth-order valence-electron chi connectivity index (χ4n) is 5.16. The Labute approximate surface area is 242 Å². The molecule has 0 bridgehead atoms. The zero-order valence-electron chi connectivity index (χ0n) is 23.6. The highest BCUT2D eigenvalue weighted by atomic mass is 16.7. The summed E-state index contributed by atoms with van der Waals surface area (Å²) in [4.78, 5) is 12.2. The van der Waals surface area contributed by atoms with Crippen molar-refractivity contribution in [2.45, 2.75) is 76.7 Å². The van der Waals surface area contributed by atoms with Crippen LogP contribution in [0.5, 0.6) is 0 Å². The van der Waals surface area contributed by atoms with Crippen LogP contribution in [0.4, 0.5) is 0 Å². The average molecular weight is 559 g/mol. The van der Waals surface area contributed by atoms with Gasteiger partial charge in [-0.1, -0.05) is 91.0 Å². The van der Waals surface area contributed by atoms with Crippen LogP contribution >= 0.6 is 0 Å². The van der Waals surface area contributed by atoms with Gasteiger partial charge in [-0.25, -0.2) is 4.79 Å². The number of benzene rings is 3. The Hall–Kier alpha value is -3.49. The molecule has 2 aliphatic rings. The zero-order valence-corrected chi connectivity index (χ0v) is 23.6. The average Bonchev–Trinajstić information content (AvgIpc) is 2.96. The molecular weight excluding hydrogens is 520 g/mol. The van der Waals surface area contributed by atoms with Crippen LogP contribution in [0.25, 0.3) is 0 Å². The van der Waals surface area contributed by atoms with Gasteiger partial charge in [0.05, 0.1) is 44.7 Å². The Balaban J connectivity index is 1.34. The van der Waals surface area contributed by atoms with Crippen LogP contribution in [-0.4, -0.2) is 42.8 Å². The summed E-state index contributed by atoms with van der Waals surface area (Å²) >= 11 is 0. The minimum atomic E-state index is -1.03. The number of hydrogen-bond acceptors (Lipinski definition) is 7. The molecule has 1 saturated heterocycles. The summed E-state index contributed by atoms with van der Waals surface area (Å²) in [5.74, 6) is -0.917. The third-order valence-corrected chi connectivity index (χ3v) is 7.01. The van der Waals surface area contributed by atoms with Gasteiger partial charge in [-0.2, -0.15) is 0 Å². The van der Waals surface area contributed by atoms with Crippen molar-refractivity contribution >= 4 is 5.97 Å². The Morgan fingerprint density at radius 3 is 1.90 bits per heavy atom. The van der Waals surface area contributed by atoms with E-state index in [2.05, 4.69) is 0 Å². The van der Waals surface area contributed by atoms with Crippen LogP contribution in [0.1, 0.15) is 43.4 Å². The summed E-state index contributed by atoms with van der Waals surface area (Å²) < 4.78 is 37.0. The van der Waals surface area contributed by atoms with Gasteiger partial charge in [-0.15, -0.1) is 0 Å². The Morgan fingerprint density at radius 1 is 0.756 bits per heavy atom. The van der Waals surface area contributed by atoms with E-state index in [0.29, 0.717) is 45.0 Å². The third-order valence-electron chi connectivity index (χ3n) is 7.01. The maximum Gasteiger partial charge on any atom is 0.337 e. The van der Waals surface area contributed by atoms with Crippen LogP contribution < -0.4 is 0 Å². The van der Waals surface area contributed by atoms with Gasteiger partial charge in [-0.05, 0) is 16.7 Å². The Morgan fingerprint density at radius 2 is 1.32 bits per heavy atom. The van der Waals surface area contributed by atoms with Crippen molar-refractivity contribution in [3.05, 3.63) is 120 Å². The number of rotatable bonds is 12. The normalized spacial score (nSPS) is 23.8. The maximum atomic E-state index is 12.2. The van der Waals surface area contributed by atoms with Gasteiger partial charge in [0.25, 0.3) is 0 Å². The number of carbonyl (C=O) groups is 1. The van der Waals surface area contributed by atoms with Crippen molar-refractivity contribution in [1.82, 2.24) is 0 Å². The maximum absolute atomic E-state index is 12.2. The number of carbonyl (C=O) groups excluding carboxylic acids is 1. The molecule has 0 spiro atoms. The largest absolute Gasteiger partial charge is 0.457 e. The second-order valence-electron chi connectivity index (χ2n) is 10.9. The Kier molecular flexibility index (Phi) is 9.85. The molecule has 0 aliphatic carbocycles. The highest BCUT2D eigenvalue weighted by Gasteiger charge is 2.42. The van der Waals surface area contributed by atoms with E-state index < -0.39 is 17.9 Å². The lowest BCUT2D eigenvalue weighted by Gasteiger charge is -2.42. The van der Waals surface area contributed by atoms with Crippen molar-refractivity contribution in [1.29, 1.82) is 0 Å². The zero-order chi connectivity index (χ0) is 28.5. The van der Waals surface area contributed by atoms with Gasteiger partial charge in [-0.3, -0.25) is 0 Å². The quantitative estimate of drug-likeness (QED) is 0.248. The van der Waals surface area contributed by atoms with Crippen LogP contribution in [0.2, 0.25) is 0 Å². The standard InChI is InChI=1S/C34H38O7/c1-34(2)40-29(20-32(35)41-34)18-28-19-30(37-22-26-14-8-4-9-15-26)33(38-23-27-16-10-5-11-17-27)31(39-28)24-36-21-25-12-6-3-7-13-25/h3-17,20,28,30-31,33H,18-19,21-24H2,1-2H3/t28?,30-,31-,33+/m1/s1. The van der Waals surface area contributed by atoms with Crippen LogP contribution in [-0.2, 0) is 53.0 Å². The van der Waals surface area contributed by atoms with Crippen molar-refractivity contribution in [2.24, 2.45) is 0 Å². The van der Waals surface area contributed by atoms with Gasteiger partial charge in [0.15, 0.2) is 0 Å². The minimum Gasteiger partial charge on any atom is -0.457 e. The van der Waals surface area contributed by atoms with E-state index in [1.54, 1.807) is 13.8 Å². The Bertz CT molecular complexity index is 1260. The van der Waals surface area contributed by atoms with Gasteiger partial charge in [0, 0.05) is 26.7 Å². The molecule has 7 nitrogen and oxygen atoms in total. The lowest BCUT2D eigenvalue weighted by Crippen LogP contribution is -2.52. The minimum absolute atomic E-state index is 0.271. The number of cyclic esters (lactones) is 1. The highest BCUT2D eigenvalue weighted by Crippen LogP contribution is 2.33. The molecular formula is C34H38O7. The van der Waals surface area contributed by atoms with E-state index in [9.17, 15) is 4.79 Å². The second-order valence-corrected chi connectivity index (χ2v) is 10.9. The first-order valence-electron chi connectivity index (χ1n) is 14.1. The molecule has 1 unspecified atom stereocenters. The first-order valence-corrected chi connectivity index (χ1v) is 14.1. The van der Waals surface area contributed by atoms with E-state index in [0.717, 1.165) is 16.7 Å². The third kappa shape index (κ3) is 8.75. The molecule has 2 aliphatic heterocycles. The fraction of sp³-hybridized carbons (Fsp3) is 0.382. The summed E-state index contributed by atoms with van der Waals surface area (Å²) in [6, 6.07) is 30.2. The van der Waals surface area contributed by atoms with Crippen molar-refractivity contribution in [3.63, 3.8) is 0 Å². The SMILES string of the molecule is CC1(C)OC(=O)C=C(CC2C[C@@H](OCc3ccccc3)[C@H](OCc3ccccc3)[C@@H](COCc3ccccc3)O2)O1. The molecule has 0 amide bonds. The first kappa shape index (κ1) is 29.0. The molecule has 1 fully saturated rings. The molecule has 0 saturated carbocycles. The molecule has 0 radical (unpaired) electrons. The van der Waals surface area contributed by atoms with Gasteiger partial charge < -0.3 is 28.4 Å². The molecule has 216 valence electrons. The topological polar surface area (TPSA) is 72.5 Å². The number of ether oxygens (including phenoxy) is 6. The van der Waals surface area contributed by atoms with Gasteiger partial charge >= 0.3 is 5.97 Å². The molecule has 4 atom stereocenters. The molecule has 0 aromatic heterocycles. The van der Waals surface area contributed by atoms with E-state index in [1.807, 2.05) is 91.0 Å². The first-order chi connectivity index (χ1) is 19.9. The predicted molar refractivity (Wildman–Crippen MR) is 153 cm³/mol. The monoisotopic (exact) mass is 558 g/mol. The summed E-state index contributed by atoms with van der Waals surface area (Å²) in [7, 11) is 0. The molecule has 3 aromatic rings. The van der Waals surface area contributed by atoms with E-state index in [4.69, 9.17) is 28.4 Å². The van der Waals surface area contributed by atoms with Crippen molar-refractivity contribution < 1.29 is 33.2 Å².